The topological polar surface area (TPSA) is 34.1 Å². The third-order valence-electron chi connectivity index (χ3n) is 1.37. The second-order valence-electron chi connectivity index (χ2n) is 2.82. The van der Waals surface area contributed by atoms with Crippen LogP contribution in [0.5, 0.6) is 0 Å². The molecule has 0 aromatic carbocycles. The molecule has 0 aliphatic carbocycles. The van der Waals surface area contributed by atoms with E-state index in [0.717, 1.165) is 0 Å². The predicted molar refractivity (Wildman–Crippen MR) is 39.8 cm³/mol. The molecule has 0 heterocycles. The zero-order valence-corrected chi connectivity index (χ0v) is 6.81. The van der Waals surface area contributed by atoms with Crippen LogP contribution >= 0.6 is 0 Å². The number of hydrogen-bond donors (Lipinski definition) is 0. The molecule has 10 heavy (non-hydrogen) atoms. The highest BCUT2D eigenvalue weighted by atomic mass is 16.1. The Kier molecular flexibility index (Phi) is 3.93. The minimum atomic E-state index is 0.0688. The van der Waals surface area contributed by atoms with E-state index in [1.54, 1.807) is 0 Å². The molecule has 0 fully saturated rings. The summed E-state index contributed by atoms with van der Waals surface area (Å²) in [4.78, 5) is 21.3. The molecule has 58 valence electrons. The van der Waals surface area contributed by atoms with Gasteiger partial charge in [-0.3, -0.25) is 4.79 Å². The molecule has 0 spiro atoms. The van der Waals surface area contributed by atoms with Crippen molar-refractivity contribution >= 4 is 11.6 Å². The van der Waals surface area contributed by atoms with Crippen molar-refractivity contribution in [1.29, 1.82) is 0 Å². The van der Waals surface area contributed by atoms with Crippen molar-refractivity contribution < 1.29 is 9.59 Å². The molecule has 0 aromatic rings. The van der Waals surface area contributed by atoms with Crippen LogP contribution < -0.4 is 0 Å². The van der Waals surface area contributed by atoms with Crippen LogP contribution in [0, 0.1) is 5.92 Å². The van der Waals surface area contributed by atoms with E-state index in [0.29, 0.717) is 12.8 Å². The summed E-state index contributed by atoms with van der Waals surface area (Å²) in [6, 6.07) is 0. The number of carbonyl (C=O) groups is 2. The lowest BCUT2D eigenvalue weighted by Crippen LogP contribution is -2.08. The lowest BCUT2D eigenvalue weighted by molar-refractivity contribution is -0.125. The third-order valence-corrected chi connectivity index (χ3v) is 1.37. The normalized spacial score (nSPS) is 10.0. The van der Waals surface area contributed by atoms with E-state index in [9.17, 15) is 9.59 Å². The zero-order chi connectivity index (χ0) is 8.15. The fraction of sp³-hybridized carbons (Fsp3) is 0.750. The molecule has 0 aliphatic heterocycles. The molecule has 0 bridgehead atoms. The minimum absolute atomic E-state index is 0.0688. The van der Waals surface area contributed by atoms with Crippen molar-refractivity contribution in [3.63, 3.8) is 0 Å². The first-order valence-electron chi connectivity index (χ1n) is 3.56. The molecule has 0 radical (unpaired) electrons. The first-order valence-corrected chi connectivity index (χ1v) is 3.56. The highest BCUT2D eigenvalue weighted by Crippen LogP contribution is 2.01. The summed E-state index contributed by atoms with van der Waals surface area (Å²) in [7, 11) is 0. The number of hydrogen-bond acceptors (Lipinski definition) is 2. The lowest BCUT2D eigenvalue weighted by Gasteiger charge is -2.00. The summed E-state index contributed by atoms with van der Waals surface area (Å²) < 4.78 is 0. The van der Waals surface area contributed by atoms with Gasteiger partial charge in [-0.25, -0.2) is 0 Å². The number of ketones is 2. The summed E-state index contributed by atoms with van der Waals surface area (Å²) in [6.07, 6.45) is 0.810. The van der Waals surface area contributed by atoms with Crippen molar-refractivity contribution in [2.75, 3.05) is 0 Å². The molecule has 0 atom stereocenters. The lowest BCUT2D eigenvalue weighted by atomic mass is 10.0. The van der Waals surface area contributed by atoms with Crippen molar-refractivity contribution in [2.45, 2.75) is 33.6 Å². The van der Waals surface area contributed by atoms with Crippen LogP contribution in [0.1, 0.15) is 33.6 Å². The first kappa shape index (κ1) is 9.34. The molecular formula is C8H14O2. The molecule has 0 aliphatic rings. The number of Topliss-reactive ketones (excluding diaryl/α,β-unsaturated/α-hetero) is 2. The van der Waals surface area contributed by atoms with Gasteiger partial charge in [-0.05, 0) is 6.92 Å². The average Bonchev–Trinajstić information content (AvgIpc) is 1.82. The summed E-state index contributed by atoms with van der Waals surface area (Å²) in [5.74, 6) is 0.337. The smallest absolute Gasteiger partial charge is 0.135 e. The van der Waals surface area contributed by atoms with Gasteiger partial charge < -0.3 is 4.79 Å². The maximum absolute atomic E-state index is 10.9. The van der Waals surface area contributed by atoms with Crippen LogP contribution in [0.15, 0.2) is 0 Å². The Morgan fingerprint density at radius 1 is 1.20 bits per heavy atom. The van der Waals surface area contributed by atoms with Crippen LogP contribution in [-0.2, 0) is 9.59 Å². The predicted octanol–water partition coefficient (Wildman–Crippen LogP) is 1.58. The van der Waals surface area contributed by atoms with Crippen LogP contribution in [0.25, 0.3) is 0 Å². The monoisotopic (exact) mass is 142 g/mol. The van der Waals surface area contributed by atoms with Gasteiger partial charge in [0.1, 0.15) is 11.6 Å². The Hall–Kier alpha value is -0.660. The van der Waals surface area contributed by atoms with E-state index in [4.69, 9.17) is 0 Å². The van der Waals surface area contributed by atoms with Gasteiger partial charge in [-0.1, -0.05) is 13.8 Å². The van der Waals surface area contributed by atoms with Crippen LogP contribution in [0.3, 0.4) is 0 Å². The second-order valence-corrected chi connectivity index (χ2v) is 2.82. The molecule has 0 unspecified atom stereocenters. The third kappa shape index (κ3) is 4.24. The van der Waals surface area contributed by atoms with Gasteiger partial charge in [0.2, 0.25) is 0 Å². The number of carbonyl (C=O) groups excluding carboxylic acids is 2. The average molecular weight is 142 g/mol. The summed E-state index contributed by atoms with van der Waals surface area (Å²) in [5, 5.41) is 0. The highest BCUT2D eigenvalue weighted by Gasteiger charge is 2.07. The molecule has 2 heteroatoms. The second kappa shape index (κ2) is 4.20. The van der Waals surface area contributed by atoms with Gasteiger partial charge in [0.05, 0.1) is 0 Å². The van der Waals surface area contributed by atoms with E-state index in [-0.39, 0.29) is 17.5 Å². The standard InChI is InChI=1S/C8H14O2/c1-6(2)8(10)5-4-7(3)9/h6H,4-5H2,1-3H3. The Bertz CT molecular complexity index is 136. The van der Waals surface area contributed by atoms with Gasteiger partial charge in [0.15, 0.2) is 0 Å². The van der Waals surface area contributed by atoms with Crippen LogP contribution in [0.2, 0.25) is 0 Å². The van der Waals surface area contributed by atoms with E-state index < -0.39 is 0 Å². The Morgan fingerprint density at radius 3 is 2.00 bits per heavy atom. The first-order chi connectivity index (χ1) is 4.54. The summed E-state index contributed by atoms with van der Waals surface area (Å²) in [5.41, 5.74) is 0. The van der Waals surface area contributed by atoms with Gasteiger partial charge in [0, 0.05) is 18.8 Å². The Morgan fingerprint density at radius 2 is 1.70 bits per heavy atom. The molecule has 2 nitrogen and oxygen atoms in total. The molecule has 0 aromatic heterocycles. The maximum atomic E-state index is 10.9. The zero-order valence-electron chi connectivity index (χ0n) is 6.81. The van der Waals surface area contributed by atoms with E-state index >= 15 is 0 Å². The number of rotatable bonds is 4. The van der Waals surface area contributed by atoms with Crippen molar-refractivity contribution in [3.05, 3.63) is 0 Å². The van der Waals surface area contributed by atoms with Gasteiger partial charge >= 0.3 is 0 Å². The quantitative estimate of drug-likeness (QED) is 0.597. The maximum Gasteiger partial charge on any atom is 0.135 e. The van der Waals surface area contributed by atoms with Crippen molar-refractivity contribution in [3.8, 4) is 0 Å². The highest BCUT2D eigenvalue weighted by molar-refractivity contribution is 5.85. The van der Waals surface area contributed by atoms with E-state index in [1.807, 2.05) is 13.8 Å². The van der Waals surface area contributed by atoms with Gasteiger partial charge in [-0.2, -0.15) is 0 Å². The van der Waals surface area contributed by atoms with Gasteiger partial charge in [-0.15, -0.1) is 0 Å². The van der Waals surface area contributed by atoms with Crippen LogP contribution in [0.4, 0.5) is 0 Å². The van der Waals surface area contributed by atoms with E-state index in [2.05, 4.69) is 0 Å². The van der Waals surface area contributed by atoms with Gasteiger partial charge in [0.25, 0.3) is 0 Å². The minimum Gasteiger partial charge on any atom is -0.300 e. The molecular weight excluding hydrogens is 128 g/mol. The Balaban J connectivity index is 3.50. The fourth-order valence-corrected chi connectivity index (χ4v) is 0.588. The molecule has 0 saturated heterocycles. The van der Waals surface area contributed by atoms with E-state index in [1.165, 1.54) is 6.92 Å². The molecule has 0 saturated carbocycles. The fourth-order valence-electron chi connectivity index (χ4n) is 0.588. The summed E-state index contributed by atoms with van der Waals surface area (Å²) in [6.45, 7) is 5.21. The Labute approximate surface area is 61.6 Å². The molecule has 0 amide bonds. The van der Waals surface area contributed by atoms with Crippen molar-refractivity contribution in [2.24, 2.45) is 5.92 Å². The SMILES string of the molecule is CC(=O)CCC(=O)C(C)C. The molecule has 0 rings (SSSR count). The summed E-state index contributed by atoms with van der Waals surface area (Å²) >= 11 is 0. The van der Waals surface area contributed by atoms with Crippen molar-refractivity contribution in [1.82, 2.24) is 0 Å². The molecule has 0 N–H and O–H groups in total. The van der Waals surface area contributed by atoms with Crippen LogP contribution in [-0.4, -0.2) is 11.6 Å². The largest absolute Gasteiger partial charge is 0.300 e.